The number of aromatic nitrogens is 1. The summed E-state index contributed by atoms with van der Waals surface area (Å²) in [4.78, 5) is 5.30. The summed E-state index contributed by atoms with van der Waals surface area (Å²) in [6, 6.07) is 13.1. The summed E-state index contributed by atoms with van der Waals surface area (Å²) in [6.07, 6.45) is 3.46. The molecule has 0 amide bonds. The lowest BCUT2D eigenvalue weighted by molar-refractivity contribution is 0.373. The largest absolute Gasteiger partial charge is 0.504 e. The Hall–Kier alpha value is -2.64. The molecule has 7 heteroatoms. The van der Waals surface area contributed by atoms with Gasteiger partial charge in [0.05, 0.1) is 25.6 Å². The standard InChI is InChI=1S/C20H18BrN3O2S/c1-3-10-22-20-24(17(13-27-20)15-6-4-5-7-16(15)21)23-12-14-8-9-18(25)19(11-14)26-2/h3-9,11-13,25H,1,10H2,2H3. The fourth-order valence-corrected chi connectivity index (χ4v) is 3.74. The smallest absolute Gasteiger partial charge is 0.206 e. The van der Waals surface area contributed by atoms with Crippen LogP contribution in [0.1, 0.15) is 5.56 Å². The van der Waals surface area contributed by atoms with Crippen molar-refractivity contribution in [3.8, 4) is 22.8 Å². The molecule has 3 rings (SSSR count). The minimum atomic E-state index is 0.0911. The number of nitrogens with zero attached hydrogens (tertiary/aromatic N) is 3. The lowest BCUT2D eigenvalue weighted by atomic mass is 10.2. The van der Waals surface area contributed by atoms with Gasteiger partial charge in [-0.2, -0.15) is 5.10 Å². The van der Waals surface area contributed by atoms with Crippen LogP contribution in [0.15, 0.2) is 75.1 Å². The molecule has 1 aromatic heterocycles. The van der Waals surface area contributed by atoms with Gasteiger partial charge in [0, 0.05) is 15.4 Å². The van der Waals surface area contributed by atoms with Crippen LogP contribution >= 0.6 is 27.3 Å². The Morgan fingerprint density at radius 1 is 1.30 bits per heavy atom. The van der Waals surface area contributed by atoms with E-state index in [1.54, 1.807) is 35.2 Å². The van der Waals surface area contributed by atoms with Crippen molar-refractivity contribution in [1.29, 1.82) is 0 Å². The van der Waals surface area contributed by atoms with E-state index < -0.39 is 0 Å². The van der Waals surface area contributed by atoms with Crippen LogP contribution in [0.3, 0.4) is 0 Å². The summed E-state index contributed by atoms with van der Waals surface area (Å²) in [6.45, 7) is 4.24. The molecule has 0 spiro atoms. The predicted octanol–water partition coefficient (Wildman–Crippen LogP) is 4.66. The molecule has 0 radical (unpaired) electrons. The minimum absolute atomic E-state index is 0.0911. The third kappa shape index (κ3) is 4.37. The van der Waals surface area contributed by atoms with E-state index in [1.165, 1.54) is 18.4 Å². The summed E-state index contributed by atoms with van der Waals surface area (Å²) >= 11 is 5.11. The highest BCUT2D eigenvalue weighted by Crippen LogP contribution is 2.29. The Morgan fingerprint density at radius 2 is 2.11 bits per heavy atom. The SMILES string of the molecule is C=CCN=c1scc(-c2ccccc2Br)n1N=Cc1ccc(O)c(OC)c1. The lowest BCUT2D eigenvalue weighted by Crippen LogP contribution is -2.12. The summed E-state index contributed by atoms with van der Waals surface area (Å²) in [5.74, 6) is 0.491. The molecule has 0 saturated carbocycles. The van der Waals surface area contributed by atoms with Gasteiger partial charge >= 0.3 is 0 Å². The average molecular weight is 444 g/mol. The molecule has 0 saturated heterocycles. The third-order valence-corrected chi connectivity index (χ3v) is 5.26. The van der Waals surface area contributed by atoms with E-state index in [0.717, 1.165) is 26.1 Å². The Morgan fingerprint density at radius 3 is 2.85 bits per heavy atom. The monoisotopic (exact) mass is 443 g/mol. The predicted molar refractivity (Wildman–Crippen MR) is 114 cm³/mol. The normalized spacial score (nSPS) is 11.9. The van der Waals surface area contributed by atoms with Crippen LogP contribution in [0.4, 0.5) is 0 Å². The Bertz CT molecular complexity index is 1050. The number of ether oxygens (including phenoxy) is 1. The first-order valence-corrected chi connectivity index (χ1v) is 9.79. The zero-order chi connectivity index (χ0) is 19.2. The van der Waals surface area contributed by atoms with Crippen molar-refractivity contribution >= 4 is 33.5 Å². The van der Waals surface area contributed by atoms with Crippen molar-refractivity contribution in [3.05, 3.63) is 75.3 Å². The summed E-state index contributed by atoms with van der Waals surface area (Å²) in [5.41, 5.74) is 2.75. The van der Waals surface area contributed by atoms with Gasteiger partial charge in [-0.15, -0.1) is 17.9 Å². The molecule has 0 aliphatic heterocycles. The van der Waals surface area contributed by atoms with Crippen LogP contribution in [0.25, 0.3) is 11.3 Å². The first-order chi connectivity index (χ1) is 13.1. The zero-order valence-corrected chi connectivity index (χ0v) is 17.1. The van der Waals surface area contributed by atoms with E-state index in [9.17, 15) is 5.11 Å². The van der Waals surface area contributed by atoms with E-state index in [0.29, 0.717) is 12.3 Å². The quantitative estimate of drug-likeness (QED) is 0.444. The van der Waals surface area contributed by atoms with Gasteiger partial charge in [-0.25, -0.2) is 4.68 Å². The number of hydrogen-bond donors (Lipinski definition) is 1. The molecule has 1 heterocycles. The van der Waals surface area contributed by atoms with E-state index in [2.05, 4.69) is 32.6 Å². The number of halogens is 1. The van der Waals surface area contributed by atoms with Gasteiger partial charge < -0.3 is 9.84 Å². The molecule has 2 aromatic carbocycles. The minimum Gasteiger partial charge on any atom is -0.504 e. The second kappa shape index (κ2) is 8.83. The van der Waals surface area contributed by atoms with Gasteiger partial charge in [0.15, 0.2) is 11.5 Å². The second-order valence-electron chi connectivity index (χ2n) is 5.50. The van der Waals surface area contributed by atoms with E-state index >= 15 is 0 Å². The Labute approximate surface area is 169 Å². The van der Waals surface area contributed by atoms with Crippen LogP contribution in [-0.2, 0) is 0 Å². The fraction of sp³-hybridized carbons (Fsp3) is 0.100. The van der Waals surface area contributed by atoms with Gasteiger partial charge in [0.2, 0.25) is 4.80 Å². The number of benzene rings is 2. The number of phenols is 1. The van der Waals surface area contributed by atoms with Crippen LogP contribution < -0.4 is 9.54 Å². The molecule has 0 unspecified atom stereocenters. The Balaban J connectivity index is 2.09. The maximum atomic E-state index is 9.75. The molecule has 0 aliphatic rings. The summed E-state index contributed by atoms with van der Waals surface area (Å²) < 4.78 is 7.94. The van der Waals surface area contributed by atoms with Crippen molar-refractivity contribution in [1.82, 2.24) is 4.68 Å². The van der Waals surface area contributed by atoms with Crippen molar-refractivity contribution in [2.75, 3.05) is 13.7 Å². The van der Waals surface area contributed by atoms with Gasteiger partial charge in [0.1, 0.15) is 0 Å². The van der Waals surface area contributed by atoms with Crippen molar-refractivity contribution in [2.45, 2.75) is 0 Å². The first kappa shape index (κ1) is 19.1. The maximum Gasteiger partial charge on any atom is 0.206 e. The van der Waals surface area contributed by atoms with E-state index in [-0.39, 0.29) is 5.75 Å². The average Bonchev–Trinajstić information content (AvgIpc) is 3.08. The number of thiazole rings is 1. The number of hydrogen-bond acceptors (Lipinski definition) is 5. The molecule has 27 heavy (non-hydrogen) atoms. The molecule has 5 nitrogen and oxygen atoms in total. The van der Waals surface area contributed by atoms with Crippen molar-refractivity contribution in [2.24, 2.45) is 10.1 Å². The van der Waals surface area contributed by atoms with Gasteiger partial charge in [0.25, 0.3) is 0 Å². The first-order valence-electron chi connectivity index (χ1n) is 8.12. The molecular formula is C20H18BrN3O2S. The molecule has 1 N–H and O–H groups in total. The maximum absolute atomic E-state index is 9.75. The van der Waals surface area contributed by atoms with Gasteiger partial charge in [-0.05, 0) is 29.8 Å². The highest BCUT2D eigenvalue weighted by atomic mass is 79.9. The molecular weight excluding hydrogens is 426 g/mol. The van der Waals surface area contributed by atoms with Crippen LogP contribution in [-0.4, -0.2) is 29.7 Å². The van der Waals surface area contributed by atoms with Crippen LogP contribution in [0, 0.1) is 0 Å². The zero-order valence-electron chi connectivity index (χ0n) is 14.7. The number of methoxy groups -OCH3 is 1. The van der Waals surface area contributed by atoms with Crippen molar-refractivity contribution in [3.63, 3.8) is 0 Å². The molecule has 3 aromatic rings. The highest BCUT2D eigenvalue weighted by molar-refractivity contribution is 9.10. The van der Waals surface area contributed by atoms with Gasteiger partial charge in [-0.3, -0.25) is 4.99 Å². The highest BCUT2D eigenvalue weighted by Gasteiger charge is 2.10. The summed E-state index contributed by atoms with van der Waals surface area (Å²) in [7, 11) is 1.51. The number of rotatable bonds is 6. The van der Waals surface area contributed by atoms with Crippen LogP contribution in [0.5, 0.6) is 11.5 Å². The molecule has 0 atom stereocenters. The third-order valence-electron chi connectivity index (χ3n) is 3.72. The topological polar surface area (TPSA) is 59.1 Å². The Kier molecular flexibility index (Phi) is 6.26. The molecule has 0 aliphatic carbocycles. The summed E-state index contributed by atoms with van der Waals surface area (Å²) in [5, 5.41) is 16.4. The van der Waals surface area contributed by atoms with Crippen LogP contribution in [0.2, 0.25) is 0 Å². The second-order valence-corrected chi connectivity index (χ2v) is 7.19. The molecule has 0 bridgehead atoms. The van der Waals surface area contributed by atoms with Crippen molar-refractivity contribution < 1.29 is 9.84 Å². The number of aromatic hydroxyl groups is 1. The fourth-order valence-electron chi connectivity index (χ4n) is 2.42. The van der Waals surface area contributed by atoms with E-state index in [4.69, 9.17) is 4.74 Å². The number of phenolic OH excluding ortho intramolecular Hbond substituents is 1. The molecule has 138 valence electrons. The lowest BCUT2D eigenvalue weighted by Gasteiger charge is -2.06. The molecule has 0 fully saturated rings. The van der Waals surface area contributed by atoms with E-state index in [1.807, 2.05) is 29.6 Å². The van der Waals surface area contributed by atoms with Gasteiger partial charge in [-0.1, -0.05) is 40.2 Å².